The first-order valence-corrected chi connectivity index (χ1v) is 5.56. The van der Waals surface area contributed by atoms with Gasteiger partial charge >= 0.3 is 0 Å². The van der Waals surface area contributed by atoms with Gasteiger partial charge < -0.3 is 5.73 Å². The Morgan fingerprint density at radius 2 is 2.11 bits per heavy atom. The van der Waals surface area contributed by atoms with Gasteiger partial charge in [0.25, 0.3) is 0 Å². The van der Waals surface area contributed by atoms with E-state index in [0.717, 1.165) is 16.7 Å². The molecule has 0 radical (unpaired) electrons. The first kappa shape index (κ1) is 11.9. The Kier molecular flexibility index (Phi) is 3.11. The smallest absolute Gasteiger partial charge is 0.102 e. The zero-order valence-electron chi connectivity index (χ0n) is 10.1. The van der Waals surface area contributed by atoms with Gasteiger partial charge in [-0.3, -0.25) is 4.98 Å². The second kappa shape index (κ2) is 4.72. The minimum atomic E-state index is 0.529. The van der Waals surface area contributed by atoms with Crippen LogP contribution < -0.4 is 5.73 Å². The number of nitriles is 1. The van der Waals surface area contributed by atoms with Gasteiger partial charge in [-0.05, 0) is 36.3 Å². The lowest BCUT2D eigenvalue weighted by Crippen LogP contribution is -1.96. The lowest BCUT2D eigenvalue weighted by molar-refractivity contribution is 1.27. The van der Waals surface area contributed by atoms with Gasteiger partial charge in [-0.1, -0.05) is 18.7 Å². The molecule has 0 atom stereocenters. The van der Waals surface area contributed by atoms with Crippen LogP contribution in [0.4, 0.5) is 5.69 Å². The second-order valence-electron chi connectivity index (χ2n) is 3.95. The van der Waals surface area contributed by atoms with Crippen molar-refractivity contribution in [2.75, 3.05) is 5.73 Å². The van der Waals surface area contributed by atoms with Gasteiger partial charge in [-0.25, -0.2) is 0 Å². The highest BCUT2D eigenvalue weighted by atomic mass is 14.7. The Labute approximate surface area is 106 Å². The van der Waals surface area contributed by atoms with Crippen molar-refractivity contribution in [3.8, 4) is 17.2 Å². The van der Waals surface area contributed by atoms with Crippen LogP contribution >= 0.6 is 0 Å². The monoisotopic (exact) mass is 235 g/mol. The number of benzene rings is 1. The quantitative estimate of drug-likeness (QED) is 0.813. The molecule has 3 nitrogen and oxygen atoms in total. The van der Waals surface area contributed by atoms with Crippen LogP contribution in [0.5, 0.6) is 0 Å². The number of aromatic nitrogens is 1. The fraction of sp³-hybridized carbons (Fsp3) is 0.0667. The zero-order valence-corrected chi connectivity index (χ0v) is 10.1. The van der Waals surface area contributed by atoms with Gasteiger partial charge in [0.2, 0.25) is 0 Å². The maximum atomic E-state index is 9.28. The highest BCUT2D eigenvalue weighted by Gasteiger charge is 2.11. The van der Waals surface area contributed by atoms with E-state index in [0.29, 0.717) is 16.9 Å². The van der Waals surface area contributed by atoms with Crippen LogP contribution in [0.1, 0.15) is 16.8 Å². The third-order valence-corrected chi connectivity index (χ3v) is 2.95. The largest absolute Gasteiger partial charge is 0.398 e. The van der Waals surface area contributed by atoms with Crippen molar-refractivity contribution < 1.29 is 0 Å². The molecule has 0 bridgehead atoms. The van der Waals surface area contributed by atoms with Crippen molar-refractivity contribution >= 4 is 11.8 Å². The number of nitrogens with two attached hydrogens (primary N) is 1. The summed E-state index contributed by atoms with van der Waals surface area (Å²) in [5.74, 6) is 0. The molecule has 3 heteroatoms. The highest BCUT2D eigenvalue weighted by Crippen LogP contribution is 2.30. The van der Waals surface area contributed by atoms with E-state index in [1.54, 1.807) is 12.3 Å². The summed E-state index contributed by atoms with van der Waals surface area (Å²) >= 11 is 0. The Balaban J connectivity index is 2.76. The normalized spacial score (nSPS) is 9.78. The average Bonchev–Trinajstić information content (AvgIpc) is 2.41. The third kappa shape index (κ3) is 1.85. The van der Waals surface area contributed by atoms with Crippen LogP contribution in [0.25, 0.3) is 17.2 Å². The van der Waals surface area contributed by atoms with Crippen molar-refractivity contribution in [3.05, 3.63) is 53.9 Å². The summed E-state index contributed by atoms with van der Waals surface area (Å²) in [7, 11) is 0. The van der Waals surface area contributed by atoms with Crippen LogP contribution in [-0.2, 0) is 0 Å². The van der Waals surface area contributed by atoms with E-state index in [9.17, 15) is 5.26 Å². The van der Waals surface area contributed by atoms with Crippen molar-refractivity contribution in [1.82, 2.24) is 4.98 Å². The van der Waals surface area contributed by atoms with Gasteiger partial charge in [0.1, 0.15) is 6.07 Å². The summed E-state index contributed by atoms with van der Waals surface area (Å²) in [4.78, 5) is 4.13. The zero-order chi connectivity index (χ0) is 13.1. The van der Waals surface area contributed by atoms with Crippen molar-refractivity contribution in [2.24, 2.45) is 0 Å². The fourth-order valence-electron chi connectivity index (χ4n) is 1.92. The van der Waals surface area contributed by atoms with E-state index in [1.807, 2.05) is 31.2 Å². The molecule has 0 spiro atoms. The number of pyridine rings is 1. The number of hydrogen-bond donors (Lipinski definition) is 1. The number of nitrogen functional groups attached to an aromatic ring is 1. The summed E-state index contributed by atoms with van der Waals surface area (Å²) in [6.45, 7) is 5.62. The molecule has 0 saturated heterocycles. The standard InChI is InChI=1S/C15H13N3/c1-3-15-13(9-16)12(7-8-18-15)11-5-4-6-14(17)10(11)2/h3-8H,1,17H2,2H3. The first-order valence-electron chi connectivity index (χ1n) is 5.56. The van der Waals surface area contributed by atoms with E-state index in [-0.39, 0.29) is 0 Å². The van der Waals surface area contributed by atoms with Gasteiger partial charge in [0, 0.05) is 17.4 Å². The highest BCUT2D eigenvalue weighted by molar-refractivity contribution is 5.79. The molecule has 2 aromatic rings. The average molecular weight is 235 g/mol. The summed E-state index contributed by atoms with van der Waals surface area (Å²) in [5, 5.41) is 9.28. The molecule has 1 heterocycles. The molecule has 2 N–H and O–H groups in total. The predicted octanol–water partition coefficient (Wildman–Crippen LogP) is 3.15. The van der Waals surface area contributed by atoms with Crippen molar-refractivity contribution in [3.63, 3.8) is 0 Å². The summed E-state index contributed by atoms with van der Waals surface area (Å²) in [6, 6.07) is 9.70. The van der Waals surface area contributed by atoms with Crippen LogP contribution in [-0.4, -0.2) is 4.98 Å². The molecule has 0 fully saturated rings. The van der Waals surface area contributed by atoms with Crippen LogP contribution in [0.2, 0.25) is 0 Å². The topological polar surface area (TPSA) is 62.7 Å². The van der Waals surface area contributed by atoms with E-state index >= 15 is 0 Å². The Morgan fingerprint density at radius 3 is 2.78 bits per heavy atom. The first-order chi connectivity index (χ1) is 8.69. The molecule has 0 aliphatic carbocycles. The Bertz CT molecular complexity index is 651. The number of anilines is 1. The molecule has 2 rings (SSSR count). The number of rotatable bonds is 2. The molecule has 1 aromatic heterocycles. The fourth-order valence-corrected chi connectivity index (χ4v) is 1.92. The van der Waals surface area contributed by atoms with Crippen molar-refractivity contribution in [2.45, 2.75) is 6.92 Å². The minimum absolute atomic E-state index is 0.529. The van der Waals surface area contributed by atoms with Gasteiger partial charge in [0.15, 0.2) is 0 Å². The predicted molar refractivity (Wildman–Crippen MR) is 73.6 cm³/mol. The van der Waals surface area contributed by atoms with Gasteiger partial charge in [-0.2, -0.15) is 5.26 Å². The summed E-state index contributed by atoms with van der Waals surface area (Å²) in [6.07, 6.45) is 3.26. The Morgan fingerprint density at radius 1 is 1.33 bits per heavy atom. The molecule has 0 aliphatic heterocycles. The Hall–Kier alpha value is -2.60. The number of nitrogens with zero attached hydrogens (tertiary/aromatic N) is 2. The lowest BCUT2D eigenvalue weighted by atomic mass is 9.95. The summed E-state index contributed by atoms with van der Waals surface area (Å²) < 4.78 is 0. The van der Waals surface area contributed by atoms with Crippen LogP contribution in [0.3, 0.4) is 0 Å². The third-order valence-electron chi connectivity index (χ3n) is 2.95. The molecular weight excluding hydrogens is 222 g/mol. The molecule has 0 aliphatic rings. The van der Waals surface area contributed by atoms with E-state index < -0.39 is 0 Å². The molecular formula is C15H13N3. The SMILES string of the molecule is C=Cc1nccc(-c2cccc(N)c2C)c1C#N. The maximum Gasteiger partial charge on any atom is 0.102 e. The van der Waals surface area contributed by atoms with Crippen molar-refractivity contribution in [1.29, 1.82) is 5.26 Å². The number of hydrogen-bond acceptors (Lipinski definition) is 3. The molecule has 0 saturated carbocycles. The maximum absolute atomic E-state index is 9.28. The molecule has 1 aromatic carbocycles. The molecule has 0 amide bonds. The van der Waals surface area contributed by atoms with E-state index in [1.165, 1.54) is 0 Å². The molecule has 18 heavy (non-hydrogen) atoms. The minimum Gasteiger partial charge on any atom is -0.398 e. The summed E-state index contributed by atoms with van der Waals surface area (Å²) in [5.41, 5.74) is 10.5. The van der Waals surface area contributed by atoms with Gasteiger partial charge in [-0.15, -0.1) is 0 Å². The van der Waals surface area contributed by atoms with Crippen LogP contribution in [0, 0.1) is 18.3 Å². The second-order valence-corrected chi connectivity index (χ2v) is 3.95. The van der Waals surface area contributed by atoms with Gasteiger partial charge in [0.05, 0.1) is 11.3 Å². The molecule has 0 unspecified atom stereocenters. The molecule has 88 valence electrons. The van der Waals surface area contributed by atoms with E-state index in [4.69, 9.17) is 5.73 Å². The lowest BCUT2D eigenvalue weighted by Gasteiger charge is -2.11. The van der Waals surface area contributed by atoms with E-state index in [2.05, 4.69) is 17.6 Å². The van der Waals surface area contributed by atoms with Crippen LogP contribution in [0.15, 0.2) is 37.0 Å².